The molecule has 0 unspecified atom stereocenters. The summed E-state index contributed by atoms with van der Waals surface area (Å²) < 4.78 is 0. The van der Waals surface area contributed by atoms with E-state index in [4.69, 9.17) is 0 Å². The lowest BCUT2D eigenvalue weighted by molar-refractivity contribution is -0.121. The number of aromatic nitrogens is 1. The van der Waals surface area contributed by atoms with Crippen LogP contribution in [0.2, 0.25) is 0 Å². The molecule has 0 spiro atoms. The van der Waals surface area contributed by atoms with E-state index in [0.29, 0.717) is 21.9 Å². The molecular weight excluding hydrogens is 410 g/mol. The van der Waals surface area contributed by atoms with Gasteiger partial charge in [-0.15, -0.1) is 11.3 Å². The zero-order valence-electron chi connectivity index (χ0n) is 17.7. The Hall–Kier alpha value is -3.32. The van der Waals surface area contributed by atoms with Crippen LogP contribution in [0.4, 0.5) is 11.4 Å². The number of hydrogen-bond donors (Lipinski definition) is 1. The van der Waals surface area contributed by atoms with Gasteiger partial charge in [0.15, 0.2) is 0 Å². The smallest absolute Gasteiger partial charge is 0.267 e. The zero-order valence-corrected chi connectivity index (χ0v) is 18.5. The third-order valence-electron chi connectivity index (χ3n) is 5.36. The Morgan fingerprint density at radius 3 is 2.35 bits per heavy atom. The first-order chi connectivity index (χ1) is 14.9. The van der Waals surface area contributed by atoms with Crippen LogP contribution in [0.25, 0.3) is 10.6 Å². The van der Waals surface area contributed by atoms with Gasteiger partial charge < -0.3 is 5.32 Å². The number of carbonyl (C=O) groups excluding carboxylic acids is 3. The molecule has 0 bridgehead atoms. The summed E-state index contributed by atoms with van der Waals surface area (Å²) in [6.07, 6.45) is 1.46. The number of aryl methyl sites for hydroxylation is 3. The number of benzene rings is 2. The van der Waals surface area contributed by atoms with E-state index in [1.54, 1.807) is 18.2 Å². The van der Waals surface area contributed by atoms with Crippen LogP contribution in [-0.2, 0) is 16.0 Å². The van der Waals surface area contributed by atoms with Crippen molar-refractivity contribution < 1.29 is 14.4 Å². The van der Waals surface area contributed by atoms with E-state index in [2.05, 4.69) is 29.4 Å². The highest BCUT2D eigenvalue weighted by Gasteiger charge is 2.31. The fraction of sp³-hybridized carbons (Fsp3) is 0.250. The van der Waals surface area contributed by atoms with Crippen molar-refractivity contribution in [1.82, 2.24) is 4.98 Å². The molecule has 31 heavy (non-hydrogen) atoms. The summed E-state index contributed by atoms with van der Waals surface area (Å²) in [7, 11) is 0. The fourth-order valence-electron chi connectivity index (χ4n) is 3.63. The number of amides is 3. The van der Waals surface area contributed by atoms with Crippen LogP contribution in [0, 0.1) is 13.8 Å². The summed E-state index contributed by atoms with van der Waals surface area (Å²) in [5.41, 5.74) is 4.85. The van der Waals surface area contributed by atoms with Gasteiger partial charge in [-0.25, -0.2) is 4.98 Å². The molecule has 1 aliphatic rings. The van der Waals surface area contributed by atoms with E-state index in [1.165, 1.54) is 21.8 Å². The summed E-state index contributed by atoms with van der Waals surface area (Å²) in [6, 6.07) is 13.4. The number of thiazole rings is 1. The number of rotatable bonds is 5. The molecule has 2 aromatic carbocycles. The van der Waals surface area contributed by atoms with E-state index in [0.717, 1.165) is 22.6 Å². The molecule has 1 saturated heterocycles. The molecule has 1 aliphatic heterocycles. The van der Waals surface area contributed by atoms with Gasteiger partial charge in [-0.2, -0.15) is 0 Å². The first-order valence-corrected chi connectivity index (χ1v) is 11.0. The predicted molar refractivity (Wildman–Crippen MR) is 123 cm³/mol. The Morgan fingerprint density at radius 1 is 1.06 bits per heavy atom. The summed E-state index contributed by atoms with van der Waals surface area (Å²) in [4.78, 5) is 43.3. The molecule has 3 aromatic rings. The molecule has 158 valence electrons. The summed E-state index contributed by atoms with van der Waals surface area (Å²) in [6.45, 7) is 5.76. The number of nitrogens with zero attached hydrogens (tertiary/aromatic N) is 2. The van der Waals surface area contributed by atoms with Gasteiger partial charge in [0, 0.05) is 24.1 Å². The van der Waals surface area contributed by atoms with Crippen LogP contribution in [0.15, 0.2) is 42.5 Å². The number of hydrogen-bond acceptors (Lipinski definition) is 5. The second kappa shape index (κ2) is 8.43. The van der Waals surface area contributed by atoms with E-state index in [1.807, 2.05) is 26.0 Å². The van der Waals surface area contributed by atoms with Gasteiger partial charge in [-0.1, -0.05) is 31.2 Å². The van der Waals surface area contributed by atoms with Crippen molar-refractivity contribution >= 4 is 40.4 Å². The average molecular weight is 434 g/mol. The Bertz CT molecular complexity index is 1170. The average Bonchev–Trinajstić information content (AvgIpc) is 3.30. The quantitative estimate of drug-likeness (QED) is 0.581. The summed E-state index contributed by atoms with van der Waals surface area (Å²) in [5, 5.41) is 3.71. The SMILES string of the molecule is CCc1ccc(-c2nc(C)c(C(=O)Nc3ccc(N4C(=O)CCC4=O)c(C)c3)s2)cc1. The molecule has 3 amide bonds. The maximum Gasteiger partial charge on any atom is 0.267 e. The number of nitrogens with one attached hydrogen (secondary N) is 1. The number of anilines is 2. The lowest BCUT2D eigenvalue weighted by Gasteiger charge is -2.17. The standard InChI is InChI=1S/C24H23N3O3S/c1-4-16-5-7-17(8-6-16)24-25-15(3)22(31-24)23(30)26-18-9-10-19(14(2)13-18)27-20(28)11-12-21(27)29/h5-10,13H,4,11-12H2,1-3H3,(H,26,30). The molecule has 2 heterocycles. The molecule has 7 heteroatoms. The normalized spacial score (nSPS) is 13.7. The highest BCUT2D eigenvalue weighted by Crippen LogP contribution is 2.31. The van der Waals surface area contributed by atoms with Gasteiger partial charge in [0.05, 0.1) is 11.4 Å². The lowest BCUT2D eigenvalue weighted by Crippen LogP contribution is -2.29. The first kappa shape index (κ1) is 20.9. The van der Waals surface area contributed by atoms with Gasteiger partial charge in [0.2, 0.25) is 11.8 Å². The minimum atomic E-state index is -0.230. The molecule has 1 aromatic heterocycles. The lowest BCUT2D eigenvalue weighted by atomic mass is 10.1. The maximum atomic E-state index is 12.9. The minimum Gasteiger partial charge on any atom is -0.321 e. The van der Waals surface area contributed by atoms with Crippen molar-refractivity contribution in [3.8, 4) is 10.6 Å². The van der Waals surface area contributed by atoms with E-state index in [9.17, 15) is 14.4 Å². The largest absolute Gasteiger partial charge is 0.321 e. The Balaban J connectivity index is 1.53. The van der Waals surface area contributed by atoms with Crippen LogP contribution in [0.3, 0.4) is 0 Å². The minimum absolute atomic E-state index is 0.190. The van der Waals surface area contributed by atoms with Crippen molar-refractivity contribution in [3.63, 3.8) is 0 Å². The van der Waals surface area contributed by atoms with Gasteiger partial charge >= 0.3 is 0 Å². The molecule has 0 saturated carbocycles. The predicted octanol–water partition coefficient (Wildman–Crippen LogP) is 4.90. The van der Waals surface area contributed by atoms with Crippen molar-refractivity contribution in [1.29, 1.82) is 0 Å². The molecule has 1 fully saturated rings. The molecule has 4 rings (SSSR count). The van der Waals surface area contributed by atoms with Gasteiger partial charge in [0.25, 0.3) is 5.91 Å². The topological polar surface area (TPSA) is 79.4 Å². The van der Waals surface area contributed by atoms with E-state index < -0.39 is 0 Å². The Kier molecular flexibility index (Phi) is 5.69. The number of imide groups is 1. The summed E-state index contributed by atoms with van der Waals surface area (Å²) >= 11 is 1.36. The van der Waals surface area contributed by atoms with Gasteiger partial charge in [-0.3, -0.25) is 19.3 Å². The second-order valence-electron chi connectivity index (χ2n) is 7.56. The van der Waals surface area contributed by atoms with Crippen LogP contribution >= 0.6 is 11.3 Å². The van der Waals surface area contributed by atoms with E-state index in [-0.39, 0.29) is 30.6 Å². The van der Waals surface area contributed by atoms with Crippen LogP contribution < -0.4 is 10.2 Å². The highest BCUT2D eigenvalue weighted by molar-refractivity contribution is 7.17. The van der Waals surface area contributed by atoms with Crippen LogP contribution in [0.5, 0.6) is 0 Å². The van der Waals surface area contributed by atoms with Gasteiger partial charge in [-0.05, 0) is 49.6 Å². The molecular formula is C24H23N3O3S. The monoisotopic (exact) mass is 433 g/mol. The van der Waals surface area contributed by atoms with Crippen molar-refractivity contribution in [3.05, 3.63) is 64.2 Å². The van der Waals surface area contributed by atoms with Crippen LogP contribution in [0.1, 0.15) is 46.3 Å². The highest BCUT2D eigenvalue weighted by atomic mass is 32.1. The van der Waals surface area contributed by atoms with Crippen molar-refractivity contribution in [2.24, 2.45) is 0 Å². The summed E-state index contributed by atoms with van der Waals surface area (Å²) in [5.74, 6) is -0.610. The third-order valence-corrected chi connectivity index (χ3v) is 6.56. The first-order valence-electron chi connectivity index (χ1n) is 10.2. The molecule has 1 N–H and O–H groups in total. The second-order valence-corrected chi connectivity index (χ2v) is 8.56. The van der Waals surface area contributed by atoms with Crippen molar-refractivity contribution in [2.75, 3.05) is 10.2 Å². The maximum absolute atomic E-state index is 12.9. The Labute approximate surface area is 184 Å². The molecule has 6 nitrogen and oxygen atoms in total. The number of carbonyl (C=O) groups is 3. The van der Waals surface area contributed by atoms with Crippen LogP contribution in [-0.4, -0.2) is 22.7 Å². The van der Waals surface area contributed by atoms with E-state index >= 15 is 0 Å². The van der Waals surface area contributed by atoms with Crippen molar-refractivity contribution in [2.45, 2.75) is 40.0 Å². The third kappa shape index (κ3) is 4.14. The molecule has 0 radical (unpaired) electrons. The molecule has 0 aliphatic carbocycles. The molecule has 0 atom stereocenters. The van der Waals surface area contributed by atoms with Gasteiger partial charge in [0.1, 0.15) is 9.88 Å². The fourth-order valence-corrected chi connectivity index (χ4v) is 4.60. The Morgan fingerprint density at radius 2 is 1.74 bits per heavy atom. The zero-order chi connectivity index (χ0) is 22.1.